The number of hydrogen-bond acceptors (Lipinski definition) is 6. The van der Waals surface area contributed by atoms with E-state index in [1.165, 1.54) is 30.6 Å². The summed E-state index contributed by atoms with van der Waals surface area (Å²) in [7, 11) is 0. The topological polar surface area (TPSA) is 91.2 Å². The molecule has 11 heteroatoms. The van der Waals surface area contributed by atoms with Gasteiger partial charge in [-0.1, -0.05) is 6.92 Å². The van der Waals surface area contributed by atoms with Crippen molar-refractivity contribution >= 4 is 34.2 Å². The molecule has 5 rings (SSSR count). The Bertz CT molecular complexity index is 1370. The number of carbonyl (C=O) groups excluding carboxylic acids is 1. The van der Waals surface area contributed by atoms with E-state index in [0.29, 0.717) is 29.4 Å². The van der Waals surface area contributed by atoms with Crippen LogP contribution in [0.15, 0.2) is 55.1 Å². The molecule has 180 valence electrons. The first-order valence-corrected chi connectivity index (χ1v) is 11.3. The molecule has 1 atom stereocenters. The van der Waals surface area contributed by atoms with Crippen LogP contribution in [0.1, 0.15) is 36.2 Å². The summed E-state index contributed by atoms with van der Waals surface area (Å²) < 4.78 is 37.8. The minimum absolute atomic E-state index is 0.134. The molecule has 0 spiro atoms. The number of halogens is 3. The highest BCUT2D eigenvalue weighted by Crippen LogP contribution is 2.38. The number of aromatic nitrogens is 4. The molecule has 0 saturated carbocycles. The number of amides is 1. The zero-order valence-electron chi connectivity index (χ0n) is 18.5. The number of hydrogen-bond donors (Lipinski definition) is 1. The van der Waals surface area contributed by atoms with Gasteiger partial charge in [0, 0.05) is 58.8 Å². The predicted octanol–water partition coefficient (Wildman–Crippen LogP) is 5.65. The highest BCUT2D eigenvalue weighted by molar-refractivity contribution is 6.20. The first kappa shape index (κ1) is 23.0. The third-order valence-corrected chi connectivity index (χ3v) is 5.83. The average molecular weight is 500 g/mol. The van der Waals surface area contributed by atoms with Crippen molar-refractivity contribution in [3.63, 3.8) is 0 Å². The fourth-order valence-corrected chi connectivity index (χ4v) is 4.27. The second kappa shape index (κ2) is 9.10. The van der Waals surface area contributed by atoms with Crippen LogP contribution in [-0.2, 0) is 0 Å². The van der Waals surface area contributed by atoms with E-state index in [9.17, 15) is 13.6 Å². The van der Waals surface area contributed by atoms with E-state index in [1.54, 1.807) is 24.5 Å². The van der Waals surface area contributed by atoms with Gasteiger partial charge in [0.1, 0.15) is 12.1 Å². The summed E-state index contributed by atoms with van der Waals surface area (Å²) in [6.45, 7) is 2.69. The summed E-state index contributed by atoms with van der Waals surface area (Å²) in [6, 6.07) is 9.64. The van der Waals surface area contributed by atoms with E-state index in [0.717, 1.165) is 29.5 Å². The highest BCUT2D eigenvalue weighted by atomic mass is 35.5. The molecule has 1 N–H and O–H groups in total. The number of alkyl halides is 3. The summed E-state index contributed by atoms with van der Waals surface area (Å²) >= 11 is 4.79. The second-order valence-corrected chi connectivity index (χ2v) is 8.45. The minimum atomic E-state index is -3.82. The van der Waals surface area contributed by atoms with Gasteiger partial charge in [0.05, 0.1) is 17.6 Å². The molecule has 8 nitrogen and oxygen atoms in total. The summed E-state index contributed by atoms with van der Waals surface area (Å²) in [5, 5.41) is 2.76. The van der Waals surface area contributed by atoms with E-state index >= 15 is 0 Å². The number of anilines is 1. The van der Waals surface area contributed by atoms with Crippen LogP contribution in [0.5, 0.6) is 11.8 Å². The van der Waals surface area contributed by atoms with Crippen molar-refractivity contribution in [1.29, 1.82) is 0 Å². The lowest BCUT2D eigenvalue weighted by atomic mass is 10.0. The smallest absolute Gasteiger partial charge is 0.465 e. The van der Waals surface area contributed by atoms with Crippen molar-refractivity contribution in [1.82, 2.24) is 19.5 Å². The molecule has 0 unspecified atom stereocenters. The number of nitrogens with zero attached hydrogens (tertiary/aromatic N) is 4. The molecular weight excluding hydrogens is 480 g/mol. The van der Waals surface area contributed by atoms with Crippen LogP contribution in [0.4, 0.5) is 14.5 Å². The van der Waals surface area contributed by atoms with Gasteiger partial charge in [0.15, 0.2) is 0 Å². The fraction of sp³-hybridized carbons (Fsp3) is 0.250. The van der Waals surface area contributed by atoms with E-state index in [4.69, 9.17) is 16.3 Å². The zero-order valence-corrected chi connectivity index (χ0v) is 19.3. The Hall–Kier alpha value is -3.79. The average Bonchev–Trinajstić information content (AvgIpc) is 3.23. The fourth-order valence-electron chi connectivity index (χ4n) is 4.19. The molecule has 0 saturated heterocycles. The zero-order chi connectivity index (χ0) is 24.6. The van der Waals surface area contributed by atoms with Gasteiger partial charge in [-0.3, -0.25) is 9.36 Å². The number of imidazole rings is 1. The standard InChI is InChI=1S/C24H20ClF2N5O3/c1-2-17-7-8-34-23-31-20-10-14(9-19(21(20)32(17)23)15-11-28-13-29-12-15)22(33)30-16-3-5-18(6-4-16)35-24(25,26)27/h3-6,9-13,17H,2,7-8H2,1H3,(H,30,33)/t17-/m1/s1. The van der Waals surface area contributed by atoms with Crippen LogP contribution < -0.4 is 14.8 Å². The number of benzene rings is 2. The maximum absolute atomic E-state index is 13.1. The molecule has 1 amide bonds. The maximum atomic E-state index is 13.1. The Morgan fingerprint density at radius 3 is 2.69 bits per heavy atom. The molecule has 0 aliphatic carbocycles. The lowest BCUT2D eigenvalue weighted by Gasteiger charge is -2.25. The van der Waals surface area contributed by atoms with Gasteiger partial charge < -0.3 is 14.8 Å². The van der Waals surface area contributed by atoms with Gasteiger partial charge >= 0.3 is 5.57 Å². The van der Waals surface area contributed by atoms with Crippen LogP contribution in [0.3, 0.4) is 0 Å². The lowest BCUT2D eigenvalue weighted by molar-refractivity contribution is -0.0964. The van der Waals surface area contributed by atoms with Crippen molar-refractivity contribution in [3.8, 4) is 22.9 Å². The Morgan fingerprint density at radius 1 is 1.26 bits per heavy atom. The van der Waals surface area contributed by atoms with Gasteiger partial charge in [-0.15, -0.1) is 8.78 Å². The molecule has 2 aromatic carbocycles. The molecule has 0 radical (unpaired) electrons. The summed E-state index contributed by atoms with van der Waals surface area (Å²) in [5.74, 6) is -0.537. The Balaban J connectivity index is 1.53. The number of fused-ring (bicyclic) bond motifs is 3. The normalized spacial score (nSPS) is 15.4. The van der Waals surface area contributed by atoms with Crippen molar-refractivity contribution in [3.05, 3.63) is 60.7 Å². The van der Waals surface area contributed by atoms with Crippen LogP contribution in [0.25, 0.3) is 22.2 Å². The van der Waals surface area contributed by atoms with E-state index in [1.807, 2.05) is 0 Å². The van der Waals surface area contributed by atoms with Crippen LogP contribution in [0, 0.1) is 0 Å². The van der Waals surface area contributed by atoms with Gasteiger partial charge in [0.25, 0.3) is 11.9 Å². The number of rotatable bonds is 6. The first-order valence-electron chi connectivity index (χ1n) is 10.9. The van der Waals surface area contributed by atoms with Gasteiger partial charge in [-0.05, 0) is 42.8 Å². The van der Waals surface area contributed by atoms with Crippen molar-refractivity contribution < 1.29 is 23.0 Å². The number of carbonyl (C=O) groups is 1. The van der Waals surface area contributed by atoms with Crippen LogP contribution >= 0.6 is 11.6 Å². The van der Waals surface area contributed by atoms with Gasteiger partial charge in [0.2, 0.25) is 0 Å². The first-order chi connectivity index (χ1) is 16.8. The molecule has 2 aromatic heterocycles. The summed E-state index contributed by atoms with van der Waals surface area (Å²) in [6.07, 6.45) is 6.56. The summed E-state index contributed by atoms with van der Waals surface area (Å²) in [4.78, 5) is 26.1. The third kappa shape index (κ3) is 4.74. The Kier molecular flexibility index (Phi) is 5.98. The largest absolute Gasteiger partial charge is 0.487 e. The molecule has 4 aromatic rings. The van der Waals surface area contributed by atoms with Crippen molar-refractivity contribution in [2.45, 2.75) is 31.4 Å². The molecule has 3 heterocycles. The molecule has 1 aliphatic rings. The second-order valence-electron chi connectivity index (χ2n) is 8.01. The molecular formula is C24H20ClF2N5O3. The van der Waals surface area contributed by atoms with Crippen molar-refractivity contribution in [2.24, 2.45) is 0 Å². The molecule has 0 fully saturated rings. The quantitative estimate of drug-likeness (QED) is 0.345. The van der Waals surface area contributed by atoms with Crippen molar-refractivity contribution in [2.75, 3.05) is 11.9 Å². The molecule has 0 bridgehead atoms. The van der Waals surface area contributed by atoms with Crippen LogP contribution in [-0.4, -0.2) is 37.6 Å². The highest BCUT2D eigenvalue weighted by Gasteiger charge is 2.28. The maximum Gasteiger partial charge on any atom is 0.487 e. The van der Waals surface area contributed by atoms with Crippen LogP contribution in [0.2, 0.25) is 0 Å². The van der Waals surface area contributed by atoms with E-state index in [2.05, 4.69) is 36.5 Å². The Labute approximate surface area is 203 Å². The van der Waals surface area contributed by atoms with E-state index < -0.39 is 11.5 Å². The van der Waals surface area contributed by atoms with E-state index in [-0.39, 0.29) is 11.8 Å². The minimum Gasteiger partial charge on any atom is -0.465 e. The molecule has 35 heavy (non-hydrogen) atoms. The molecule has 1 aliphatic heterocycles. The lowest BCUT2D eigenvalue weighted by Crippen LogP contribution is -2.20. The third-order valence-electron chi connectivity index (χ3n) is 5.75. The SMILES string of the molecule is CC[C@@H]1CCOc2nc3cc(C(=O)Nc4ccc(OC(F)(F)Cl)cc4)cc(-c4cncnc4)c3n21. The number of nitrogens with one attached hydrogen (secondary N) is 1. The predicted molar refractivity (Wildman–Crippen MR) is 126 cm³/mol. The monoisotopic (exact) mass is 499 g/mol. The summed E-state index contributed by atoms with van der Waals surface area (Å²) in [5.41, 5.74) is -0.123. The number of ether oxygens (including phenoxy) is 2. The van der Waals surface area contributed by atoms with Gasteiger partial charge in [-0.25, -0.2) is 9.97 Å². The Morgan fingerprint density at radius 2 is 2.00 bits per heavy atom. The van der Waals surface area contributed by atoms with Gasteiger partial charge in [-0.2, -0.15) is 4.98 Å².